The Labute approximate surface area is 171 Å². The largest absolute Gasteiger partial charge is 0.478 e. The van der Waals surface area contributed by atoms with E-state index in [1.54, 1.807) is 13.1 Å². The molecule has 0 spiro atoms. The van der Waals surface area contributed by atoms with E-state index in [2.05, 4.69) is 10.3 Å². The molecule has 2 N–H and O–H groups in total. The number of carboxylic acids is 1. The third-order valence-electron chi connectivity index (χ3n) is 4.96. The van der Waals surface area contributed by atoms with Gasteiger partial charge in [0.2, 0.25) is 0 Å². The third kappa shape index (κ3) is 4.16. The summed E-state index contributed by atoms with van der Waals surface area (Å²) in [6.45, 7) is 4.31. The normalized spacial score (nSPS) is 15.2. The molecule has 0 saturated carbocycles. The molecule has 9 heteroatoms. The summed E-state index contributed by atoms with van der Waals surface area (Å²) in [6.07, 6.45) is 1.61. The molecule has 3 aromatic rings. The topological polar surface area (TPSA) is 87.6 Å². The van der Waals surface area contributed by atoms with Crippen LogP contribution >= 0.6 is 0 Å². The van der Waals surface area contributed by atoms with E-state index in [1.165, 1.54) is 24.3 Å². The number of hydrogen-bond acceptors (Lipinski definition) is 6. The summed E-state index contributed by atoms with van der Waals surface area (Å²) in [6, 6.07) is 5.63. The van der Waals surface area contributed by atoms with Gasteiger partial charge in [-0.3, -0.25) is 4.98 Å². The molecule has 1 aliphatic heterocycles. The number of ether oxygens (including phenoxy) is 1. The highest BCUT2D eigenvalue weighted by atomic mass is 19.1. The number of halogens is 2. The van der Waals surface area contributed by atoms with Crippen molar-refractivity contribution in [1.82, 2.24) is 9.97 Å². The maximum atomic E-state index is 13.6. The quantitative estimate of drug-likeness (QED) is 0.659. The summed E-state index contributed by atoms with van der Waals surface area (Å²) in [4.78, 5) is 22.8. The van der Waals surface area contributed by atoms with Crippen LogP contribution in [-0.2, 0) is 4.74 Å². The minimum Gasteiger partial charge on any atom is -0.478 e. The van der Waals surface area contributed by atoms with Gasteiger partial charge >= 0.3 is 5.97 Å². The zero-order chi connectivity index (χ0) is 21.3. The fourth-order valence-electron chi connectivity index (χ4n) is 3.50. The number of hydrogen-bond donors (Lipinski definition) is 2. The van der Waals surface area contributed by atoms with E-state index in [9.17, 15) is 18.7 Å². The zero-order valence-electron chi connectivity index (χ0n) is 16.2. The first-order valence-electron chi connectivity index (χ1n) is 9.50. The first-order valence-corrected chi connectivity index (χ1v) is 9.50. The first-order chi connectivity index (χ1) is 14.4. The summed E-state index contributed by atoms with van der Waals surface area (Å²) in [7, 11) is 0. The van der Waals surface area contributed by atoms with E-state index < -0.39 is 23.6 Å². The Bertz CT molecular complexity index is 1080. The molecule has 4 rings (SSSR count). The molecule has 7 nitrogen and oxygen atoms in total. The van der Waals surface area contributed by atoms with E-state index in [0.29, 0.717) is 48.7 Å². The lowest BCUT2D eigenvalue weighted by Crippen LogP contribution is -2.36. The van der Waals surface area contributed by atoms with Gasteiger partial charge in [-0.15, -0.1) is 0 Å². The van der Waals surface area contributed by atoms with Crippen molar-refractivity contribution >= 4 is 28.5 Å². The number of carboxylic acid groups (broad SMARTS) is 1. The number of morpholine rings is 1. The van der Waals surface area contributed by atoms with Crippen molar-refractivity contribution < 1.29 is 23.4 Å². The van der Waals surface area contributed by atoms with Crippen LogP contribution in [0.3, 0.4) is 0 Å². The van der Waals surface area contributed by atoms with Crippen molar-refractivity contribution in [3.8, 4) is 0 Å². The Balaban J connectivity index is 1.77. The minimum atomic E-state index is -1.10. The van der Waals surface area contributed by atoms with Crippen LogP contribution in [0.1, 0.15) is 28.9 Å². The number of aromatic carboxylic acids is 1. The van der Waals surface area contributed by atoms with Crippen molar-refractivity contribution in [2.45, 2.75) is 13.0 Å². The fourth-order valence-corrected chi connectivity index (χ4v) is 3.50. The van der Waals surface area contributed by atoms with E-state index in [-0.39, 0.29) is 11.3 Å². The molecule has 1 fully saturated rings. The molecule has 1 atom stereocenters. The van der Waals surface area contributed by atoms with E-state index in [1.807, 2.05) is 4.90 Å². The maximum absolute atomic E-state index is 13.6. The number of nitrogens with zero attached hydrogens (tertiary/aromatic N) is 3. The summed E-state index contributed by atoms with van der Waals surface area (Å²) >= 11 is 0. The van der Waals surface area contributed by atoms with Gasteiger partial charge in [0.05, 0.1) is 42.0 Å². The van der Waals surface area contributed by atoms with Crippen LogP contribution in [-0.4, -0.2) is 47.3 Å². The molecule has 30 heavy (non-hydrogen) atoms. The van der Waals surface area contributed by atoms with Crippen LogP contribution < -0.4 is 10.2 Å². The Morgan fingerprint density at radius 1 is 1.17 bits per heavy atom. The van der Waals surface area contributed by atoms with Gasteiger partial charge in [-0.25, -0.2) is 18.6 Å². The lowest BCUT2D eigenvalue weighted by Gasteiger charge is -2.28. The standard InChI is InChI=1S/C21H20F2N4O3/c1-12(25-16-9-14(22)8-15(23)10-16)17-6-13(21(28)29)7-18-20(17)26-19(11-24-18)27-2-4-30-5-3-27/h6-12,25H,2-5H2,1H3,(H,28,29). The zero-order valence-corrected chi connectivity index (χ0v) is 16.2. The van der Waals surface area contributed by atoms with Gasteiger partial charge in [-0.1, -0.05) is 0 Å². The highest BCUT2D eigenvalue weighted by Gasteiger charge is 2.19. The Kier molecular flexibility index (Phi) is 5.45. The molecule has 0 bridgehead atoms. The average molecular weight is 414 g/mol. The summed E-state index contributed by atoms with van der Waals surface area (Å²) in [5.74, 6) is -1.84. The highest BCUT2D eigenvalue weighted by molar-refractivity contribution is 5.94. The van der Waals surface area contributed by atoms with Crippen molar-refractivity contribution in [1.29, 1.82) is 0 Å². The van der Waals surface area contributed by atoms with Gasteiger partial charge in [0, 0.05) is 30.4 Å². The molecule has 0 amide bonds. The van der Waals surface area contributed by atoms with Gasteiger partial charge in [-0.05, 0) is 31.2 Å². The number of nitrogens with one attached hydrogen (secondary N) is 1. The molecule has 2 heterocycles. The molecule has 1 unspecified atom stereocenters. The predicted molar refractivity (Wildman–Crippen MR) is 108 cm³/mol. The minimum absolute atomic E-state index is 0.0602. The first kappa shape index (κ1) is 20.0. The van der Waals surface area contributed by atoms with Gasteiger partial charge in [0.1, 0.15) is 17.5 Å². The van der Waals surface area contributed by atoms with Gasteiger partial charge < -0.3 is 20.1 Å². The third-order valence-corrected chi connectivity index (χ3v) is 4.96. The molecule has 1 saturated heterocycles. The fraction of sp³-hybridized carbons (Fsp3) is 0.286. The van der Waals surface area contributed by atoms with Crippen LogP contribution in [0.25, 0.3) is 11.0 Å². The molecule has 2 aromatic carbocycles. The number of fused-ring (bicyclic) bond motifs is 1. The Hall–Kier alpha value is -3.33. The summed E-state index contributed by atoms with van der Waals surface area (Å²) in [5.41, 5.74) is 1.83. The maximum Gasteiger partial charge on any atom is 0.335 e. The second kappa shape index (κ2) is 8.19. The number of rotatable bonds is 5. The van der Waals surface area contributed by atoms with Crippen molar-refractivity contribution in [2.24, 2.45) is 0 Å². The SMILES string of the molecule is CC(Nc1cc(F)cc(F)c1)c1cc(C(=O)O)cc2ncc(N3CCOCC3)nc12. The van der Waals surface area contributed by atoms with E-state index in [4.69, 9.17) is 9.72 Å². The number of carbonyl (C=O) groups is 1. The van der Waals surface area contributed by atoms with E-state index in [0.717, 1.165) is 6.07 Å². The predicted octanol–water partition coefficient (Wildman–Crippen LogP) is 3.62. The number of anilines is 2. The van der Waals surface area contributed by atoms with Crippen molar-refractivity contribution in [2.75, 3.05) is 36.5 Å². The lowest BCUT2D eigenvalue weighted by molar-refractivity contribution is 0.0697. The van der Waals surface area contributed by atoms with Crippen LogP contribution in [0.5, 0.6) is 0 Å². The van der Waals surface area contributed by atoms with Crippen molar-refractivity contribution in [3.63, 3.8) is 0 Å². The molecule has 0 aliphatic carbocycles. The Morgan fingerprint density at radius 2 is 1.87 bits per heavy atom. The van der Waals surface area contributed by atoms with Crippen LogP contribution in [0.15, 0.2) is 36.5 Å². The second-order valence-corrected chi connectivity index (χ2v) is 7.09. The lowest BCUT2D eigenvalue weighted by atomic mass is 10.0. The average Bonchev–Trinajstić information content (AvgIpc) is 2.72. The monoisotopic (exact) mass is 414 g/mol. The summed E-state index contributed by atoms with van der Waals surface area (Å²) < 4.78 is 32.5. The number of benzene rings is 2. The molecule has 156 valence electrons. The molecule has 1 aliphatic rings. The van der Waals surface area contributed by atoms with Crippen molar-refractivity contribution in [3.05, 3.63) is 59.3 Å². The van der Waals surface area contributed by atoms with Crippen LogP contribution in [0.4, 0.5) is 20.3 Å². The molecule has 0 radical (unpaired) electrons. The smallest absolute Gasteiger partial charge is 0.335 e. The Morgan fingerprint density at radius 3 is 2.53 bits per heavy atom. The summed E-state index contributed by atoms with van der Waals surface area (Å²) in [5, 5.41) is 12.5. The molecular formula is C21H20F2N4O3. The van der Waals surface area contributed by atoms with Gasteiger partial charge in [0.25, 0.3) is 0 Å². The molecular weight excluding hydrogens is 394 g/mol. The molecule has 1 aromatic heterocycles. The van der Waals surface area contributed by atoms with Crippen LogP contribution in [0, 0.1) is 11.6 Å². The second-order valence-electron chi connectivity index (χ2n) is 7.09. The van der Waals surface area contributed by atoms with E-state index >= 15 is 0 Å². The van der Waals surface area contributed by atoms with Gasteiger partial charge in [0.15, 0.2) is 0 Å². The highest BCUT2D eigenvalue weighted by Crippen LogP contribution is 2.29. The number of aromatic nitrogens is 2. The van der Waals surface area contributed by atoms with Crippen LogP contribution in [0.2, 0.25) is 0 Å². The van der Waals surface area contributed by atoms with Gasteiger partial charge in [-0.2, -0.15) is 0 Å².